The quantitative estimate of drug-likeness (QED) is 0.609. The van der Waals surface area contributed by atoms with Gasteiger partial charge in [-0.15, -0.1) is 0 Å². The van der Waals surface area contributed by atoms with E-state index in [-0.39, 0.29) is 12.1 Å². The molecular weight excluding hydrogens is 402 g/mol. The summed E-state index contributed by atoms with van der Waals surface area (Å²) in [5.74, 6) is 2.72. The molecule has 2 heterocycles. The molecular formula is C26H29N3O3. The largest absolute Gasteiger partial charge is 0.497 e. The minimum atomic E-state index is 0.177. The molecule has 0 aromatic heterocycles. The molecule has 3 unspecified atom stereocenters. The molecule has 3 atom stereocenters. The third-order valence-electron chi connectivity index (χ3n) is 6.56. The van der Waals surface area contributed by atoms with Crippen LogP contribution in [0.25, 0.3) is 0 Å². The fraction of sp³-hybridized carbons (Fsp3) is 0.308. The SMILES string of the molecule is COc1cccc(CN2CC3C(c4ccccc4)NNC3c3cc(OC)c(OC)cc32)c1. The van der Waals surface area contributed by atoms with E-state index in [1.807, 2.05) is 12.1 Å². The van der Waals surface area contributed by atoms with Gasteiger partial charge < -0.3 is 19.1 Å². The number of ether oxygens (including phenoxy) is 3. The van der Waals surface area contributed by atoms with Crippen LogP contribution < -0.4 is 30.0 Å². The number of methoxy groups -OCH3 is 3. The Bertz CT molecular complexity index is 1090. The summed E-state index contributed by atoms with van der Waals surface area (Å²) in [7, 11) is 5.08. The average molecular weight is 432 g/mol. The maximum atomic E-state index is 5.64. The van der Waals surface area contributed by atoms with Gasteiger partial charge in [-0.05, 0) is 34.9 Å². The van der Waals surface area contributed by atoms with Crippen molar-refractivity contribution in [2.45, 2.75) is 18.6 Å². The van der Waals surface area contributed by atoms with Gasteiger partial charge in [-0.3, -0.25) is 0 Å². The van der Waals surface area contributed by atoms with Crippen molar-refractivity contribution < 1.29 is 14.2 Å². The first-order valence-corrected chi connectivity index (χ1v) is 10.9. The van der Waals surface area contributed by atoms with Crippen LogP contribution >= 0.6 is 0 Å². The number of hydrazine groups is 1. The smallest absolute Gasteiger partial charge is 0.162 e. The average Bonchev–Trinajstić information content (AvgIpc) is 3.28. The van der Waals surface area contributed by atoms with Crippen molar-refractivity contribution in [3.8, 4) is 17.2 Å². The lowest BCUT2D eigenvalue weighted by atomic mass is 9.81. The lowest BCUT2D eigenvalue weighted by Gasteiger charge is -2.39. The Labute approximate surface area is 189 Å². The molecule has 0 aliphatic carbocycles. The predicted molar refractivity (Wildman–Crippen MR) is 125 cm³/mol. The van der Waals surface area contributed by atoms with Gasteiger partial charge in [0.1, 0.15) is 5.75 Å². The minimum Gasteiger partial charge on any atom is -0.497 e. The van der Waals surface area contributed by atoms with Gasteiger partial charge >= 0.3 is 0 Å². The molecule has 1 saturated heterocycles. The van der Waals surface area contributed by atoms with Gasteiger partial charge in [-0.1, -0.05) is 42.5 Å². The van der Waals surface area contributed by atoms with E-state index in [9.17, 15) is 0 Å². The molecule has 2 aliphatic rings. The Morgan fingerprint density at radius 1 is 0.812 bits per heavy atom. The molecule has 5 rings (SSSR count). The summed E-state index contributed by atoms with van der Waals surface area (Å²) >= 11 is 0. The Balaban J connectivity index is 1.56. The van der Waals surface area contributed by atoms with Crippen molar-refractivity contribution in [3.05, 3.63) is 83.4 Å². The highest BCUT2D eigenvalue weighted by Gasteiger charge is 2.43. The molecule has 0 spiro atoms. The number of benzene rings is 3. The van der Waals surface area contributed by atoms with Crippen molar-refractivity contribution in [1.29, 1.82) is 0 Å². The van der Waals surface area contributed by atoms with Gasteiger partial charge in [-0.2, -0.15) is 0 Å². The maximum absolute atomic E-state index is 5.64. The second-order valence-electron chi connectivity index (χ2n) is 8.32. The van der Waals surface area contributed by atoms with Crippen LogP contribution in [-0.2, 0) is 6.54 Å². The third-order valence-corrected chi connectivity index (χ3v) is 6.56. The van der Waals surface area contributed by atoms with E-state index in [4.69, 9.17) is 14.2 Å². The first-order valence-electron chi connectivity index (χ1n) is 10.9. The molecule has 2 N–H and O–H groups in total. The van der Waals surface area contributed by atoms with E-state index in [1.165, 1.54) is 16.7 Å². The lowest BCUT2D eigenvalue weighted by Crippen LogP contribution is -2.39. The Kier molecular flexibility index (Phi) is 5.64. The van der Waals surface area contributed by atoms with E-state index in [1.54, 1.807) is 21.3 Å². The number of hydrogen-bond acceptors (Lipinski definition) is 6. The molecule has 1 fully saturated rings. The number of anilines is 1. The summed E-state index contributed by atoms with van der Waals surface area (Å²) < 4.78 is 16.7. The van der Waals surface area contributed by atoms with Gasteiger partial charge in [0.25, 0.3) is 0 Å². The van der Waals surface area contributed by atoms with Crippen LogP contribution in [0.5, 0.6) is 17.2 Å². The summed E-state index contributed by atoms with van der Waals surface area (Å²) in [6, 6.07) is 23.5. The van der Waals surface area contributed by atoms with Crippen molar-refractivity contribution in [2.75, 3.05) is 32.8 Å². The second kappa shape index (κ2) is 8.73. The van der Waals surface area contributed by atoms with E-state index < -0.39 is 0 Å². The highest BCUT2D eigenvalue weighted by atomic mass is 16.5. The van der Waals surface area contributed by atoms with Crippen LogP contribution in [0.4, 0.5) is 5.69 Å². The van der Waals surface area contributed by atoms with Crippen LogP contribution in [0.15, 0.2) is 66.7 Å². The molecule has 3 aromatic rings. The van der Waals surface area contributed by atoms with Gasteiger partial charge in [-0.25, -0.2) is 10.9 Å². The van der Waals surface area contributed by atoms with Crippen LogP contribution in [0, 0.1) is 5.92 Å². The molecule has 0 saturated carbocycles. The first kappa shape index (κ1) is 20.7. The molecule has 0 bridgehead atoms. The van der Waals surface area contributed by atoms with Crippen molar-refractivity contribution in [1.82, 2.24) is 10.9 Å². The van der Waals surface area contributed by atoms with Gasteiger partial charge in [0, 0.05) is 30.8 Å². The monoisotopic (exact) mass is 431 g/mol. The molecule has 166 valence electrons. The minimum absolute atomic E-state index is 0.177. The van der Waals surface area contributed by atoms with E-state index in [0.717, 1.165) is 36.0 Å². The van der Waals surface area contributed by atoms with Crippen molar-refractivity contribution in [3.63, 3.8) is 0 Å². The first-order chi connectivity index (χ1) is 15.7. The molecule has 0 amide bonds. The van der Waals surface area contributed by atoms with Crippen molar-refractivity contribution in [2.24, 2.45) is 5.92 Å². The number of hydrogen-bond donors (Lipinski definition) is 2. The Morgan fingerprint density at radius 3 is 2.31 bits per heavy atom. The number of nitrogens with one attached hydrogen (secondary N) is 2. The molecule has 32 heavy (non-hydrogen) atoms. The fourth-order valence-corrected chi connectivity index (χ4v) is 5.00. The van der Waals surface area contributed by atoms with Gasteiger partial charge in [0.05, 0.1) is 33.4 Å². The second-order valence-corrected chi connectivity index (χ2v) is 8.32. The topological polar surface area (TPSA) is 55.0 Å². The maximum Gasteiger partial charge on any atom is 0.162 e. The Hall–Kier alpha value is -3.22. The predicted octanol–water partition coefficient (Wildman–Crippen LogP) is 4.24. The van der Waals surface area contributed by atoms with E-state index in [0.29, 0.717) is 5.92 Å². The third kappa shape index (κ3) is 3.66. The summed E-state index contributed by atoms with van der Waals surface area (Å²) in [6.45, 7) is 1.69. The van der Waals surface area contributed by atoms with E-state index in [2.05, 4.69) is 70.3 Å². The van der Waals surface area contributed by atoms with Crippen molar-refractivity contribution >= 4 is 5.69 Å². The normalized spacial score (nSPS) is 21.6. The standard InChI is InChI=1S/C26H29N3O3/c1-30-19-11-7-8-17(12-19)15-29-16-21-25(18-9-5-4-6-10-18)27-28-26(21)20-13-23(31-2)24(32-3)14-22(20)29/h4-14,21,25-28H,15-16H2,1-3H3. The lowest BCUT2D eigenvalue weighted by molar-refractivity contribution is 0.350. The van der Waals surface area contributed by atoms with E-state index >= 15 is 0 Å². The van der Waals surface area contributed by atoms with Crippen LogP contribution in [0.1, 0.15) is 28.8 Å². The Morgan fingerprint density at radius 2 is 1.56 bits per heavy atom. The van der Waals surface area contributed by atoms with Crippen LogP contribution in [0.2, 0.25) is 0 Å². The zero-order chi connectivity index (χ0) is 22.1. The summed E-state index contributed by atoms with van der Waals surface area (Å²) in [5, 5.41) is 0. The summed E-state index contributed by atoms with van der Waals surface area (Å²) in [6.07, 6.45) is 0. The highest BCUT2D eigenvalue weighted by Crippen LogP contribution is 2.48. The molecule has 3 aromatic carbocycles. The number of fused-ring (bicyclic) bond motifs is 3. The molecule has 6 heteroatoms. The van der Waals surface area contributed by atoms with Gasteiger partial charge in [0.15, 0.2) is 11.5 Å². The number of nitrogens with zero attached hydrogens (tertiary/aromatic N) is 1. The zero-order valence-corrected chi connectivity index (χ0v) is 18.7. The van der Waals surface area contributed by atoms with Gasteiger partial charge in [0.2, 0.25) is 0 Å². The molecule has 2 aliphatic heterocycles. The molecule has 0 radical (unpaired) electrons. The van der Waals surface area contributed by atoms with Crippen LogP contribution in [0.3, 0.4) is 0 Å². The van der Waals surface area contributed by atoms with Crippen LogP contribution in [-0.4, -0.2) is 27.9 Å². The summed E-state index contributed by atoms with van der Waals surface area (Å²) in [4.78, 5) is 2.44. The molecule has 6 nitrogen and oxygen atoms in total. The highest BCUT2D eigenvalue weighted by molar-refractivity contribution is 5.65. The zero-order valence-electron chi connectivity index (χ0n) is 18.7. The fourth-order valence-electron chi connectivity index (χ4n) is 5.00. The summed E-state index contributed by atoms with van der Waals surface area (Å²) in [5.41, 5.74) is 12.0. The number of rotatable bonds is 6.